The van der Waals surface area contributed by atoms with Crippen molar-refractivity contribution in [2.45, 2.75) is 20.3 Å². The summed E-state index contributed by atoms with van der Waals surface area (Å²) in [4.78, 5) is 38.4. The van der Waals surface area contributed by atoms with Crippen LogP contribution in [0.4, 0.5) is 5.69 Å². The van der Waals surface area contributed by atoms with E-state index in [2.05, 4.69) is 32.0 Å². The van der Waals surface area contributed by atoms with Crippen LogP contribution in [-0.2, 0) is 16.0 Å². The number of benzene rings is 3. The zero-order valence-corrected chi connectivity index (χ0v) is 21.0. The molecule has 7 nitrogen and oxygen atoms in total. The standard InChI is InChI=1S/C27H25BrN4O3/c1-17-8-10-22(18(2)14-17)30-25(33)24-16-20-15-21(28)9-11-23(20)32(24)31-27(35)26(34)29-13-12-19-6-4-3-5-7-19/h3-11,14-16H,12-13H2,1-2H3,(H,29,34)(H,30,33)(H,31,35). The first-order valence-electron chi connectivity index (χ1n) is 11.1. The SMILES string of the molecule is Cc1ccc(NC(=O)c2cc3cc(Br)ccc3n2NC(=O)C(=O)NCCc2ccccc2)c(C)c1. The van der Waals surface area contributed by atoms with Gasteiger partial charge in [-0.15, -0.1) is 0 Å². The maximum Gasteiger partial charge on any atom is 0.328 e. The van der Waals surface area contributed by atoms with E-state index in [0.717, 1.165) is 26.5 Å². The number of nitrogens with one attached hydrogen (secondary N) is 3. The summed E-state index contributed by atoms with van der Waals surface area (Å²) in [5.74, 6) is -2.05. The van der Waals surface area contributed by atoms with Crippen LogP contribution in [0.15, 0.2) is 77.3 Å². The van der Waals surface area contributed by atoms with Crippen LogP contribution in [0, 0.1) is 13.8 Å². The van der Waals surface area contributed by atoms with E-state index in [4.69, 9.17) is 0 Å². The normalized spacial score (nSPS) is 10.7. The first kappa shape index (κ1) is 24.2. The van der Waals surface area contributed by atoms with Crippen LogP contribution in [0.1, 0.15) is 27.2 Å². The first-order valence-corrected chi connectivity index (χ1v) is 11.9. The fourth-order valence-electron chi connectivity index (χ4n) is 3.81. The van der Waals surface area contributed by atoms with Gasteiger partial charge in [0, 0.05) is 22.1 Å². The second kappa shape index (κ2) is 10.6. The number of hydrogen-bond donors (Lipinski definition) is 3. The Balaban J connectivity index is 1.53. The van der Waals surface area contributed by atoms with Crippen LogP contribution >= 0.6 is 15.9 Å². The van der Waals surface area contributed by atoms with Crippen molar-refractivity contribution in [2.75, 3.05) is 17.3 Å². The molecule has 0 spiro atoms. The van der Waals surface area contributed by atoms with E-state index in [-0.39, 0.29) is 5.69 Å². The molecule has 4 rings (SSSR count). The molecule has 4 aromatic rings. The Morgan fingerprint density at radius 3 is 2.40 bits per heavy atom. The van der Waals surface area contributed by atoms with E-state index in [1.807, 2.05) is 68.4 Å². The van der Waals surface area contributed by atoms with Crippen LogP contribution in [0.2, 0.25) is 0 Å². The van der Waals surface area contributed by atoms with Crippen molar-refractivity contribution < 1.29 is 14.4 Å². The highest BCUT2D eigenvalue weighted by molar-refractivity contribution is 9.10. The summed E-state index contributed by atoms with van der Waals surface area (Å²) in [5.41, 5.74) is 7.10. The lowest BCUT2D eigenvalue weighted by Crippen LogP contribution is -2.40. The predicted molar refractivity (Wildman–Crippen MR) is 141 cm³/mol. The van der Waals surface area contributed by atoms with Gasteiger partial charge in [0.25, 0.3) is 5.91 Å². The van der Waals surface area contributed by atoms with Crippen LogP contribution in [0.3, 0.4) is 0 Å². The van der Waals surface area contributed by atoms with Gasteiger partial charge in [0.15, 0.2) is 0 Å². The Morgan fingerprint density at radius 2 is 1.66 bits per heavy atom. The molecule has 1 heterocycles. The molecule has 0 saturated carbocycles. The number of aromatic nitrogens is 1. The molecule has 0 aliphatic heterocycles. The first-order chi connectivity index (χ1) is 16.8. The zero-order valence-electron chi connectivity index (χ0n) is 19.4. The molecule has 178 valence electrons. The van der Waals surface area contributed by atoms with Gasteiger partial charge in [0.05, 0.1) is 5.52 Å². The molecule has 0 unspecified atom stereocenters. The number of hydrogen-bond acceptors (Lipinski definition) is 3. The number of anilines is 1. The number of carbonyl (C=O) groups is 3. The lowest BCUT2D eigenvalue weighted by Gasteiger charge is -2.14. The van der Waals surface area contributed by atoms with Gasteiger partial charge in [0.1, 0.15) is 5.69 Å². The molecule has 8 heteroatoms. The summed E-state index contributed by atoms with van der Waals surface area (Å²) in [7, 11) is 0. The molecule has 0 saturated heterocycles. The zero-order chi connectivity index (χ0) is 24.9. The minimum atomic E-state index is -0.862. The Kier molecular flexibility index (Phi) is 7.31. The Bertz CT molecular complexity index is 1410. The molecule has 3 N–H and O–H groups in total. The van der Waals surface area contributed by atoms with Crippen molar-refractivity contribution in [1.82, 2.24) is 9.99 Å². The molecule has 0 fully saturated rings. The van der Waals surface area contributed by atoms with Crippen LogP contribution in [-0.4, -0.2) is 28.9 Å². The van der Waals surface area contributed by atoms with E-state index in [1.165, 1.54) is 4.68 Å². The third-order valence-corrected chi connectivity index (χ3v) is 6.08. The van der Waals surface area contributed by atoms with Gasteiger partial charge >= 0.3 is 11.8 Å². The number of fused-ring (bicyclic) bond motifs is 1. The summed E-state index contributed by atoms with van der Waals surface area (Å²) in [6.45, 7) is 4.21. The van der Waals surface area contributed by atoms with E-state index in [1.54, 1.807) is 18.2 Å². The van der Waals surface area contributed by atoms with E-state index in [0.29, 0.717) is 24.2 Å². The third-order valence-electron chi connectivity index (χ3n) is 5.59. The van der Waals surface area contributed by atoms with E-state index >= 15 is 0 Å². The van der Waals surface area contributed by atoms with Crippen molar-refractivity contribution >= 4 is 50.2 Å². The minimum absolute atomic E-state index is 0.198. The topological polar surface area (TPSA) is 92.2 Å². The average Bonchev–Trinajstić information content (AvgIpc) is 3.18. The highest BCUT2D eigenvalue weighted by Gasteiger charge is 2.21. The Labute approximate surface area is 211 Å². The molecular formula is C27H25BrN4O3. The molecule has 0 bridgehead atoms. The largest absolute Gasteiger partial charge is 0.347 e. The lowest BCUT2D eigenvalue weighted by molar-refractivity contribution is -0.136. The number of halogens is 1. The van der Waals surface area contributed by atoms with Crippen LogP contribution in [0.25, 0.3) is 10.9 Å². The maximum absolute atomic E-state index is 13.2. The highest BCUT2D eigenvalue weighted by Crippen LogP contribution is 2.24. The predicted octanol–water partition coefficient (Wildman–Crippen LogP) is 4.70. The van der Waals surface area contributed by atoms with Gasteiger partial charge in [-0.25, -0.2) is 4.68 Å². The number of aryl methyl sites for hydroxylation is 2. The molecule has 3 aromatic carbocycles. The summed E-state index contributed by atoms with van der Waals surface area (Å²) >= 11 is 3.43. The highest BCUT2D eigenvalue weighted by atomic mass is 79.9. The van der Waals surface area contributed by atoms with Crippen molar-refractivity contribution in [3.05, 3.63) is 99.7 Å². The minimum Gasteiger partial charge on any atom is -0.347 e. The average molecular weight is 533 g/mol. The number of nitrogens with zero attached hydrogens (tertiary/aromatic N) is 1. The second-order valence-corrected chi connectivity index (χ2v) is 9.19. The third kappa shape index (κ3) is 5.78. The summed E-state index contributed by atoms with van der Waals surface area (Å²) in [5, 5.41) is 6.26. The van der Waals surface area contributed by atoms with Crippen molar-refractivity contribution in [3.63, 3.8) is 0 Å². The quantitative estimate of drug-likeness (QED) is 0.314. The summed E-state index contributed by atoms with van der Waals surface area (Å²) < 4.78 is 2.17. The molecule has 3 amide bonds. The van der Waals surface area contributed by atoms with Gasteiger partial charge < -0.3 is 10.6 Å². The van der Waals surface area contributed by atoms with Crippen molar-refractivity contribution in [3.8, 4) is 0 Å². The molecule has 1 aromatic heterocycles. The summed E-state index contributed by atoms with van der Waals surface area (Å²) in [6, 6.07) is 22.5. The maximum atomic E-state index is 13.2. The van der Waals surface area contributed by atoms with E-state index < -0.39 is 17.7 Å². The molecular weight excluding hydrogens is 508 g/mol. The van der Waals surface area contributed by atoms with Crippen LogP contribution in [0.5, 0.6) is 0 Å². The Hall–Kier alpha value is -3.91. The van der Waals surface area contributed by atoms with Crippen LogP contribution < -0.4 is 16.1 Å². The monoisotopic (exact) mass is 532 g/mol. The lowest BCUT2D eigenvalue weighted by atomic mass is 10.1. The van der Waals surface area contributed by atoms with Gasteiger partial charge in [-0.05, 0) is 61.7 Å². The number of amides is 3. The Morgan fingerprint density at radius 1 is 0.886 bits per heavy atom. The van der Waals surface area contributed by atoms with Gasteiger partial charge in [-0.3, -0.25) is 19.8 Å². The van der Waals surface area contributed by atoms with E-state index in [9.17, 15) is 14.4 Å². The van der Waals surface area contributed by atoms with Crippen molar-refractivity contribution in [1.29, 1.82) is 0 Å². The second-order valence-electron chi connectivity index (χ2n) is 8.27. The molecule has 0 aliphatic rings. The fraction of sp³-hybridized carbons (Fsp3) is 0.148. The smallest absolute Gasteiger partial charge is 0.328 e. The van der Waals surface area contributed by atoms with Gasteiger partial charge in [-0.1, -0.05) is 64.0 Å². The fourth-order valence-corrected chi connectivity index (χ4v) is 4.19. The molecule has 35 heavy (non-hydrogen) atoms. The number of rotatable bonds is 6. The van der Waals surface area contributed by atoms with Gasteiger partial charge in [-0.2, -0.15) is 0 Å². The molecule has 0 atom stereocenters. The molecule has 0 aliphatic carbocycles. The summed E-state index contributed by atoms with van der Waals surface area (Å²) in [6.07, 6.45) is 0.601. The molecule has 0 radical (unpaired) electrons. The number of carbonyl (C=O) groups excluding carboxylic acids is 3. The van der Waals surface area contributed by atoms with Crippen molar-refractivity contribution in [2.24, 2.45) is 0 Å². The van der Waals surface area contributed by atoms with Gasteiger partial charge in [0.2, 0.25) is 0 Å².